The fraction of sp³-hybridized carbons (Fsp3) is 0.409. The summed E-state index contributed by atoms with van der Waals surface area (Å²) in [6.45, 7) is 3.37. The van der Waals surface area contributed by atoms with Crippen LogP contribution in [0.1, 0.15) is 16.7 Å². The fourth-order valence-electron chi connectivity index (χ4n) is 3.06. The van der Waals surface area contributed by atoms with Crippen molar-refractivity contribution in [1.82, 2.24) is 10.6 Å². The summed E-state index contributed by atoms with van der Waals surface area (Å²) in [6, 6.07) is 10.0. The van der Waals surface area contributed by atoms with E-state index in [2.05, 4.69) is 28.6 Å². The molecule has 7 heteroatoms. The molecule has 0 atom stereocenters. The van der Waals surface area contributed by atoms with Crippen molar-refractivity contribution in [2.45, 2.75) is 19.9 Å². The molecule has 158 valence electrons. The molecule has 29 heavy (non-hydrogen) atoms. The highest BCUT2D eigenvalue weighted by Gasteiger charge is 2.13. The van der Waals surface area contributed by atoms with E-state index < -0.39 is 0 Å². The van der Waals surface area contributed by atoms with Gasteiger partial charge in [0.05, 0.1) is 28.4 Å². The number of nitrogens with one attached hydrogen (secondary N) is 2. The van der Waals surface area contributed by atoms with Crippen LogP contribution < -0.4 is 29.6 Å². The number of hydrogen-bond donors (Lipinski definition) is 2. The first-order chi connectivity index (χ1) is 14.1. The van der Waals surface area contributed by atoms with Crippen molar-refractivity contribution in [3.05, 3.63) is 47.0 Å². The molecule has 0 unspecified atom stereocenters. The van der Waals surface area contributed by atoms with Gasteiger partial charge in [-0.15, -0.1) is 0 Å². The van der Waals surface area contributed by atoms with Gasteiger partial charge in [-0.3, -0.25) is 4.99 Å². The van der Waals surface area contributed by atoms with Crippen molar-refractivity contribution in [2.75, 3.05) is 42.0 Å². The molecule has 0 heterocycles. The molecule has 0 saturated carbocycles. The van der Waals surface area contributed by atoms with E-state index in [0.29, 0.717) is 29.8 Å². The van der Waals surface area contributed by atoms with Gasteiger partial charge >= 0.3 is 0 Å². The molecule has 0 spiro atoms. The van der Waals surface area contributed by atoms with E-state index in [1.54, 1.807) is 35.5 Å². The third-order valence-electron chi connectivity index (χ3n) is 4.53. The van der Waals surface area contributed by atoms with Gasteiger partial charge in [-0.05, 0) is 42.7 Å². The fourth-order valence-corrected chi connectivity index (χ4v) is 3.06. The Morgan fingerprint density at radius 3 is 2.07 bits per heavy atom. The minimum Gasteiger partial charge on any atom is -0.496 e. The second-order valence-corrected chi connectivity index (χ2v) is 6.45. The Bertz CT molecular complexity index is 812. The van der Waals surface area contributed by atoms with Gasteiger partial charge in [0, 0.05) is 20.1 Å². The van der Waals surface area contributed by atoms with Crippen LogP contribution in [0, 0.1) is 6.92 Å². The quantitative estimate of drug-likeness (QED) is 0.497. The van der Waals surface area contributed by atoms with Gasteiger partial charge in [-0.1, -0.05) is 17.7 Å². The Morgan fingerprint density at radius 1 is 0.862 bits per heavy atom. The van der Waals surface area contributed by atoms with E-state index >= 15 is 0 Å². The van der Waals surface area contributed by atoms with Crippen molar-refractivity contribution >= 4 is 5.96 Å². The Labute approximate surface area is 173 Å². The van der Waals surface area contributed by atoms with Gasteiger partial charge in [-0.2, -0.15) is 0 Å². The number of hydrogen-bond acceptors (Lipinski definition) is 5. The van der Waals surface area contributed by atoms with E-state index in [4.69, 9.17) is 18.9 Å². The molecule has 2 aromatic carbocycles. The number of methoxy groups -OCH3 is 4. The van der Waals surface area contributed by atoms with Crippen molar-refractivity contribution in [3.63, 3.8) is 0 Å². The highest BCUT2D eigenvalue weighted by molar-refractivity contribution is 5.79. The molecule has 0 amide bonds. The summed E-state index contributed by atoms with van der Waals surface area (Å²) in [4.78, 5) is 4.29. The van der Waals surface area contributed by atoms with Gasteiger partial charge in [0.2, 0.25) is 5.75 Å². The molecule has 2 rings (SSSR count). The topological polar surface area (TPSA) is 73.3 Å². The summed E-state index contributed by atoms with van der Waals surface area (Å²) in [5.41, 5.74) is 3.37. The second kappa shape index (κ2) is 11.0. The van der Waals surface area contributed by atoms with Crippen LogP contribution in [0.25, 0.3) is 0 Å². The van der Waals surface area contributed by atoms with Crippen LogP contribution >= 0.6 is 0 Å². The third kappa shape index (κ3) is 5.94. The average Bonchev–Trinajstić information content (AvgIpc) is 2.75. The van der Waals surface area contributed by atoms with Crippen LogP contribution in [0.5, 0.6) is 23.0 Å². The molecule has 0 fully saturated rings. The van der Waals surface area contributed by atoms with E-state index in [-0.39, 0.29) is 0 Å². The summed E-state index contributed by atoms with van der Waals surface area (Å²) in [6.07, 6.45) is 0.829. The van der Waals surface area contributed by atoms with Crippen molar-refractivity contribution in [1.29, 1.82) is 0 Å². The van der Waals surface area contributed by atoms with Crippen LogP contribution in [0.4, 0.5) is 0 Å². The third-order valence-corrected chi connectivity index (χ3v) is 4.53. The maximum atomic E-state index is 5.44. The van der Waals surface area contributed by atoms with E-state index in [1.807, 2.05) is 24.3 Å². The molecule has 0 saturated heterocycles. The highest BCUT2D eigenvalue weighted by Crippen LogP contribution is 2.38. The Morgan fingerprint density at radius 2 is 1.52 bits per heavy atom. The van der Waals surface area contributed by atoms with Gasteiger partial charge in [0.15, 0.2) is 17.5 Å². The van der Waals surface area contributed by atoms with E-state index in [9.17, 15) is 0 Å². The normalized spacial score (nSPS) is 11.0. The van der Waals surface area contributed by atoms with Gasteiger partial charge in [0.1, 0.15) is 5.75 Å². The maximum Gasteiger partial charge on any atom is 0.203 e. The highest BCUT2D eigenvalue weighted by atomic mass is 16.5. The molecule has 7 nitrogen and oxygen atoms in total. The van der Waals surface area contributed by atoms with Gasteiger partial charge in [0.25, 0.3) is 0 Å². The Balaban J connectivity index is 1.97. The SMILES string of the molecule is CN=C(NCCc1cc(C)ccc1OC)NCc1cc(OC)c(OC)c(OC)c1. The molecular formula is C22H31N3O4. The number of guanidine groups is 1. The predicted molar refractivity (Wildman–Crippen MR) is 116 cm³/mol. The molecule has 0 aliphatic carbocycles. The molecule has 0 aliphatic rings. The summed E-state index contributed by atoms with van der Waals surface area (Å²) in [7, 11) is 8.24. The first-order valence-electron chi connectivity index (χ1n) is 9.43. The Hall–Kier alpha value is -3.09. The number of rotatable bonds is 9. The van der Waals surface area contributed by atoms with E-state index in [1.165, 1.54) is 11.1 Å². The summed E-state index contributed by atoms with van der Waals surface area (Å²) in [5, 5.41) is 6.64. The van der Waals surface area contributed by atoms with Gasteiger partial charge in [-0.25, -0.2) is 0 Å². The Kier molecular flexibility index (Phi) is 8.45. The lowest BCUT2D eigenvalue weighted by molar-refractivity contribution is 0.323. The van der Waals surface area contributed by atoms with Crippen molar-refractivity contribution in [3.8, 4) is 23.0 Å². The lowest BCUT2D eigenvalue weighted by Crippen LogP contribution is -2.37. The summed E-state index contributed by atoms with van der Waals surface area (Å²) < 4.78 is 21.6. The molecule has 0 radical (unpaired) electrons. The smallest absolute Gasteiger partial charge is 0.203 e. The summed E-state index contributed by atoms with van der Waals surface area (Å²) >= 11 is 0. The van der Waals surface area contributed by atoms with E-state index in [0.717, 1.165) is 24.3 Å². The maximum absolute atomic E-state index is 5.44. The zero-order chi connectivity index (χ0) is 21.2. The number of nitrogens with zero attached hydrogens (tertiary/aromatic N) is 1. The molecular weight excluding hydrogens is 370 g/mol. The lowest BCUT2D eigenvalue weighted by atomic mass is 10.1. The molecule has 0 aromatic heterocycles. The predicted octanol–water partition coefficient (Wildman–Crippen LogP) is 2.94. The molecule has 0 aliphatic heterocycles. The zero-order valence-electron chi connectivity index (χ0n) is 18.1. The monoisotopic (exact) mass is 401 g/mol. The molecule has 2 aromatic rings. The van der Waals surface area contributed by atoms with Crippen molar-refractivity contribution < 1.29 is 18.9 Å². The lowest BCUT2D eigenvalue weighted by Gasteiger charge is -2.16. The standard InChI is InChI=1S/C22H31N3O4/c1-15-7-8-18(26-3)17(11-15)9-10-24-22(23-2)25-14-16-12-19(27-4)21(29-6)20(13-16)28-5/h7-8,11-13H,9-10,14H2,1-6H3,(H2,23,24,25). The van der Waals surface area contributed by atoms with Crippen LogP contribution in [0.3, 0.4) is 0 Å². The largest absolute Gasteiger partial charge is 0.496 e. The van der Waals surface area contributed by atoms with Crippen LogP contribution in [0.15, 0.2) is 35.3 Å². The number of aryl methyl sites for hydroxylation is 1. The number of benzene rings is 2. The first-order valence-corrected chi connectivity index (χ1v) is 9.43. The van der Waals surface area contributed by atoms with Crippen LogP contribution in [-0.2, 0) is 13.0 Å². The minimum absolute atomic E-state index is 0.560. The zero-order valence-corrected chi connectivity index (χ0v) is 18.1. The number of ether oxygens (including phenoxy) is 4. The summed E-state index contributed by atoms with van der Waals surface area (Å²) in [5.74, 6) is 3.44. The second-order valence-electron chi connectivity index (χ2n) is 6.45. The first kappa shape index (κ1) is 22.2. The average molecular weight is 402 g/mol. The van der Waals surface area contributed by atoms with Crippen LogP contribution in [0.2, 0.25) is 0 Å². The minimum atomic E-state index is 0.560. The van der Waals surface area contributed by atoms with Gasteiger partial charge < -0.3 is 29.6 Å². The van der Waals surface area contributed by atoms with Crippen molar-refractivity contribution in [2.24, 2.45) is 4.99 Å². The molecule has 2 N–H and O–H groups in total. The number of aliphatic imine (C=N–C) groups is 1. The molecule has 0 bridgehead atoms. The van der Waals surface area contributed by atoms with Crippen LogP contribution in [-0.4, -0.2) is 48.0 Å².